The summed E-state index contributed by atoms with van der Waals surface area (Å²) in [5, 5.41) is 18.2. The largest absolute Gasteiger partial charge is 0.434 e. The van der Waals surface area contributed by atoms with E-state index in [1.165, 1.54) is 11.8 Å². The number of aromatic nitrogens is 2. The Kier molecular flexibility index (Phi) is 6.06. The minimum Gasteiger partial charge on any atom is -0.390 e. The van der Waals surface area contributed by atoms with E-state index in [0.29, 0.717) is 19.2 Å². The molecule has 1 saturated heterocycles. The molecule has 0 saturated carbocycles. The van der Waals surface area contributed by atoms with E-state index in [9.17, 15) is 18.0 Å². The van der Waals surface area contributed by atoms with Gasteiger partial charge in [-0.05, 0) is 6.42 Å². The van der Waals surface area contributed by atoms with Gasteiger partial charge < -0.3 is 20.8 Å². The number of carbonyl (C=O) groups excluding carboxylic acids is 1. The Balaban J connectivity index is 0.000000220. The van der Waals surface area contributed by atoms with Gasteiger partial charge in [0.05, 0.1) is 24.6 Å². The van der Waals surface area contributed by atoms with Crippen molar-refractivity contribution in [1.29, 1.82) is 0 Å². The number of amides is 1. The molecule has 1 fully saturated rings. The Labute approximate surface area is 124 Å². The summed E-state index contributed by atoms with van der Waals surface area (Å²) in [7, 11) is 0. The molecule has 22 heavy (non-hydrogen) atoms. The maximum Gasteiger partial charge on any atom is 0.434 e. The van der Waals surface area contributed by atoms with Crippen LogP contribution in [0.25, 0.3) is 0 Å². The number of halogens is 3. The fourth-order valence-corrected chi connectivity index (χ4v) is 1.72. The third-order valence-corrected chi connectivity index (χ3v) is 2.94. The minimum absolute atomic E-state index is 0.0454. The minimum atomic E-state index is -4.47. The van der Waals surface area contributed by atoms with Gasteiger partial charge in [0.2, 0.25) is 5.91 Å². The third-order valence-electron chi connectivity index (χ3n) is 2.94. The molecule has 2 rings (SSSR count). The molecule has 0 spiro atoms. The summed E-state index contributed by atoms with van der Waals surface area (Å²) in [5.74, 6) is -0.282. The highest BCUT2D eigenvalue weighted by Gasteiger charge is 2.32. The van der Waals surface area contributed by atoms with Crippen LogP contribution in [0.1, 0.15) is 19.0 Å². The molecular weight excluding hydrogens is 305 g/mol. The molecule has 1 aliphatic rings. The van der Waals surface area contributed by atoms with Gasteiger partial charge in [-0.1, -0.05) is 0 Å². The highest BCUT2D eigenvalue weighted by molar-refractivity contribution is 5.73. The molecule has 124 valence electrons. The average molecular weight is 322 g/mol. The van der Waals surface area contributed by atoms with Crippen molar-refractivity contribution >= 4 is 11.7 Å². The number of alkyl halides is 3. The summed E-state index contributed by atoms with van der Waals surface area (Å²) in [6.07, 6.45) is -3.76. The van der Waals surface area contributed by atoms with Crippen LogP contribution in [0.5, 0.6) is 0 Å². The molecule has 0 radical (unpaired) electrons. The Bertz CT molecular complexity index is 513. The van der Waals surface area contributed by atoms with Crippen LogP contribution in [0, 0.1) is 0 Å². The molecule has 0 aliphatic carbocycles. The van der Waals surface area contributed by atoms with E-state index >= 15 is 0 Å². The zero-order valence-corrected chi connectivity index (χ0v) is 11.8. The number of nitrogen functional groups attached to an aromatic ring is 1. The van der Waals surface area contributed by atoms with Gasteiger partial charge in [-0.15, -0.1) is 0 Å². The number of anilines is 1. The lowest BCUT2D eigenvalue weighted by atomic mass is 10.1. The Morgan fingerprint density at radius 1 is 1.36 bits per heavy atom. The van der Waals surface area contributed by atoms with Gasteiger partial charge in [-0.2, -0.15) is 13.2 Å². The molecule has 2 atom stereocenters. The van der Waals surface area contributed by atoms with Crippen molar-refractivity contribution in [1.82, 2.24) is 14.9 Å². The summed E-state index contributed by atoms with van der Waals surface area (Å²) < 4.78 is 35.4. The van der Waals surface area contributed by atoms with Crippen LogP contribution in [0.3, 0.4) is 0 Å². The van der Waals surface area contributed by atoms with Crippen LogP contribution in [0.2, 0.25) is 0 Å². The lowest BCUT2D eigenvalue weighted by Gasteiger charge is -2.32. The number of β-amino-alcohol motifs (C(OH)–C–C–N with tert-alkyl or cyclic N) is 1. The standard InChI is InChI=1S/C7H13NO3.C5H4F3N3/c1-5(9)8-3-2-6(10)7(11)4-8;6-5(7,8)3-1-10-2-4(9)11-3/h6-7,10-11H,2-4H2,1H3;1-2H,(H2,9,11). The first-order valence-corrected chi connectivity index (χ1v) is 6.37. The van der Waals surface area contributed by atoms with Crippen molar-refractivity contribution in [2.75, 3.05) is 18.8 Å². The Morgan fingerprint density at radius 2 is 2.00 bits per heavy atom. The van der Waals surface area contributed by atoms with E-state index in [2.05, 4.69) is 9.97 Å². The summed E-state index contributed by atoms with van der Waals surface area (Å²) in [4.78, 5) is 18.6. The second kappa shape index (κ2) is 7.36. The highest BCUT2D eigenvalue weighted by Crippen LogP contribution is 2.26. The average Bonchev–Trinajstić information content (AvgIpc) is 2.41. The summed E-state index contributed by atoms with van der Waals surface area (Å²) >= 11 is 0. The first kappa shape index (κ1) is 18.1. The lowest BCUT2D eigenvalue weighted by Crippen LogP contribution is -2.48. The first-order chi connectivity index (χ1) is 10.1. The van der Waals surface area contributed by atoms with Crippen LogP contribution >= 0.6 is 0 Å². The predicted molar refractivity (Wildman–Crippen MR) is 70.3 cm³/mol. The van der Waals surface area contributed by atoms with E-state index in [1.807, 2.05) is 0 Å². The highest BCUT2D eigenvalue weighted by atomic mass is 19.4. The van der Waals surface area contributed by atoms with Gasteiger partial charge >= 0.3 is 6.18 Å². The summed E-state index contributed by atoms with van der Waals surface area (Å²) in [5.41, 5.74) is 3.91. The monoisotopic (exact) mass is 322 g/mol. The molecule has 1 aromatic rings. The smallest absolute Gasteiger partial charge is 0.390 e. The summed E-state index contributed by atoms with van der Waals surface area (Å²) in [6.45, 7) is 2.27. The number of piperidine rings is 1. The number of nitrogens with two attached hydrogens (primary N) is 1. The van der Waals surface area contributed by atoms with Crippen molar-refractivity contribution < 1.29 is 28.2 Å². The molecule has 0 aromatic carbocycles. The second-order valence-corrected chi connectivity index (χ2v) is 4.72. The van der Waals surface area contributed by atoms with Crippen molar-refractivity contribution in [3.8, 4) is 0 Å². The lowest BCUT2D eigenvalue weighted by molar-refractivity contribution is -0.141. The predicted octanol–water partition coefficient (Wildman–Crippen LogP) is 0.0380. The number of aliphatic hydroxyl groups excluding tert-OH is 2. The van der Waals surface area contributed by atoms with Crippen LogP contribution < -0.4 is 5.73 Å². The molecular formula is C12H17F3N4O3. The van der Waals surface area contributed by atoms with Crippen LogP contribution in [-0.2, 0) is 11.0 Å². The number of hydrogen-bond donors (Lipinski definition) is 3. The normalized spacial score (nSPS) is 21.8. The van der Waals surface area contributed by atoms with E-state index in [1.54, 1.807) is 0 Å². The van der Waals surface area contributed by atoms with Crippen LogP contribution in [0.4, 0.5) is 19.0 Å². The van der Waals surface area contributed by atoms with Gasteiger partial charge in [-0.3, -0.25) is 9.78 Å². The number of nitrogens with zero attached hydrogens (tertiary/aromatic N) is 3. The van der Waals surface area contributed by atoms with E-state index in [-0.39, 0.29) is 18.3 Å². The van der Waals surface area contributed by atoms with E-state index in [4.69, 9.17) is 15.9 Å². The second-order valence-electron chi connectivity index (χ2n) is 4.72. The molecule has 1 aromatic heterocycles. The third kappa shape index (κ3) is 5.45. The number of rotatable bonds is 0. The molecule has 7 nitrogen and oxygen atoms in total. The van der Waals surface area contributed by atoms with Crippen molar-refractivity contribution in [3.05, 3.63) is 18.1 Å². The molecule has 1 amide bonds. The molecule has 4 N–H and O–H groups in total. The van der Waals surface area contributed by atoms with Gasteiger partial charge in [0, 0.05) is 20.0 Å². The Morgan fingerprint density at radius 3 is 2.41 bits per heavy atom. The van der Waals surface area contributed by atoms with Gasteiger partial charge in [0.1, 0.15) is 5.82 Å². The summed E-state index contributed by atoms with van der Waals surface area (Å²) in [6, 6.07) is 0. The van der Waals surface area contributed by atoms with E-state index in [0.717, 1.165) is 6.20 Å². The molecule has 10 heteroatoms. The number of likely N-dealkylation sites (tertiary alicyclic amines) is 1. The van der Waals surface area contributed by atoms with E-state index < -0.39 is 24.1 Å². The number of aliphatic hydroxyl groups is 2. The number of carbonyl (C=O) groups is 1. The van der Waals surface area contributed by atoms with Gasteiger partial charge in [0.25, 0.3) is 0 Å². The SMILES string of the molecule is CC(=O)N1CCC(O)C(O)C1.Nc1cncc(C(F)(F)F)n1. The molecule has 1 aliphatic heterocycles. The van der Waals surface area contributed by atoms with Crippen LogP contribution in [-0.4, -0.2) is 56.3 Å². The first-order valence-electron chi connectivity index (χ1n) is 6.37. The number of hydrogen-bond acceptors (Lipinski definition) is 6. The van der Waals surface area contributed by atoms with Crippen LogP contribution in [0.15, 0.2) is 12.4 Å². The zero-order chi connectivity index (χ0) is 16.9. The zero-order valence-electron chi connectivity index (χ0n) is 11.8. The van der Waals surface area contributed by atoms with Crippen molar-refractivity contribution in [3.63, 3.8) is 0 Å². The molecule has 0 bridgehead atoms. The van der Waals surface area contributed by atoms with Gasteiger partial charge in [0.15, 0.2) is 5.69 Å². The topological polar surface area (TPSA) is 113 Å². The van der Waals surface area contributed by atoms with Gasteiger partial charge in [-0.25, -0.2) is 4.98 Å². The van der Waals surface area contributed by atoms with Crippen molar-refractivity contribution in [2.24, 2.45) is 0 Å². The molecule has 2 unspecified atom stereocenters. The maximum absolute atomic E-state index is 11.8. The maximum atomic E-state index is 11.8. The van der Waals surface area contributed by atoms with Crippen molar-refractivity contribution in [2.45, 2.75) is 31.7 Å². The molecule has 2 heterocycles. The Hall–Kier alpha value is -1.94. The fraction of sp³-hybridized carbons (Fsp3) is 0.583. The quantitative estimate of drug-likeness (QED) is 0.621. The fourth-order valence-electron chi connectivity index (χ4n) is 1.72.